The number of aromatic nitrogens is 4. The minimum Gasteiger partial charge on any atom is -0.383 e. The van der Waals surface area contributed by atoms with Crippen molar-refractivity contribution in [2.75, 3.05) is 10.6 Å². The SMILES string of the molecule is Cn1cc(CN(c2ccc(Cl)nc2)c2ccc3c(N)nccc3c2)cn1. The number of hydrogen-bond acceptors (Lipinski definition) is 5. The third-order valence-corrected chi connectivity index (χ3v) is 4.44. The maximum Gasteiger partial charge on any atom is 0.131 e. The van der Waals surface area contributed by atoms with Crippen molar-refractivity contribution in [2.24, 2.45) is 7.05 Å². The van der Waals surface area contributed by atoms with Gasteiger partial charge in [-0.25, -0.2) is 9.97 Å². The molecule has 130 valence electrons. The van der Waals surface area contributed by atoms with Crippen LogP contribution < -0.4 is 10.6 Å². The maximum absolute atomic E-state index is 5.98. The monoisotopic (exact) mass is 364 g/mol. The Morgan fingerprint density at radius 2 is 1.92 bits per heavy atom. The van der Waals surface area contributed by atoms with E-state index in [1.807, 2.05) is 43.7 Å². The smallest absolute Gasteiger partial charge is 0.131 e. The highest BCUT2D eigenvalue weighted by atomic mass is 35.5. The normalized spacial score (nSPS) is 11.0. The molecule has 0 saturated carbocycles. The number of aryl methyl sites for hydroxylation is 1. The van der Waals surface area contributed by atoms with E-state index in [9.17, 15) is 0 Å². The Hall–Kier alpha value is -3.12. The van der Waals surface area contributed by atoms with Crippen LogP contribution in [0.25, 0.3) is 10.8 Å². The number of nitrogens with two attached hydrogens (primary N) is 1. The van der Waals surface area contributed by atoms with Crippen LogP contribution >= 0.6 is 11.6 Å². The average Bonchev–Trinajstić information content (AvgIpc) is 3.05. The lowest BCUT2D eigenvalue weighted by Gasteiger charge is -2.24. The first-order valence-electron chi connectivity index (χ1n) is 8.11. The Morgan fingerprint density at radius 3 is 2.65 bits per heavy atom. The van der Waals surface area contributed by atoms with Crippen LogP contribution in [0.5, 0.6) is 0 Å². The molecule has 6 nitrogen and oxygen atoms in total. The molecule has 0 atom stereocenters. The summed E-state index contributed by atoms with van der Waals surface area (Å²) in [7, 11) is 1.91. The molecule has 4 rings (SSSR count). The summed E-state index contributed by atoms with van der Waals surface area (Å²) in [6, 6.07) is 11.8. The Labute approximate surface area is 155 Å². The Kier molecular flexibility index (Phi) is 4.18. The Bertz CT molecular complexity index is 1060. The number of benzene rings is 1. The molecule has 26 heavy (non-hydrogen) atoms. The van der Waals surface area contributed by atoms with Crippen LogP contribution in [0.2, 0.25) is 5.15 Å². The van der Waals surface area contributed by atoms with Gasteiger partial charge in [0.1, 0.15) is 11.0 Å². The van der Waals surface area contributed by atoms with Gasteiger partial charge in [-0.15, -0.1) is 0 Å². The number of fused-ring (bicyclic) bond motifs is 1. The van der Waals surface area contributed by atoms with Gasteiger partial charge in [-0.3, -0.25) is 4.68 Å². The van der Waals surface area contributed by atoms with Crippen LogP contribution in [-0.2, 0) is 13.6 Å². The van der Waals surface area contributed by atoms with Crippen molar-refractivity contribution >= 4 is 39.6 Å². The molecule has 0 aliphatic heterocycles. The largest absolute Gasteiger partial charge is 0.383 e. The van der Waals surface area contributed by atoms with Crippen molar-refractivity contribution < 1.29 is 0 Å². The van der Waals surface area contributed by atoms with Gasteiger partial charge >= 0.3 is 0 Å². The molecule has 0 aliphatic rings. The van der Waals surface area contributed by atoms with Gasteiger partial charge in [0.25, 0.3) is 0 Å². The zero-order chi connectivity index (χ0) is 18.1. The molecule has 7 heteroatoms. The molecule has 3 aromatic heterocycles. The molecular weight excluding hydrogens is 348 g/mol. The molecule has 0 radical (unpaired) electrons. The van der Waals surface area contributed by atoms with E-state index < -0.39 is 0 Å². The molecule has 0 spiro atoms. The van der Waals surface area contributed by atoms with Crippen molar-refractivity contribution in [1.82, 2.24) is 19.7 Å². The van der Waals surface area contributed by atoms with Gasteiger partial charge in [-0.1, -0.05) is 11.6 Å². The number of anilines is 3. The van der Waals surface area contributed by atoms with Gasteiger partial charge < -0.3 is 10.6 Å². The van der Waals surface area contributed by atoms with Crippen molar-refractivity contribution in [3.8, 4) is 0 Å². The van der Waals surface area contributed by atoms with E-state index in [4.69, 9.17) is 17.3 Å². The summed E-state index contributed by atoms with van der Waals surface area (Å²) in [6.45, 7) is 0.656. The predicted molar refractivity (Wildman–Crippen MR) is 104 cm³/mol. The van der Waals surface area contributed by atoms with Crippen LogP contribution in [0.3, 0.4) is 0 Å². The van der Waals surface area contributed by atoms with Crippen LogP contribution in [-0.4, -0.2) is 19.7 Å². The summed E-state index contributed by atoms with van der Waals surface area (Å²) in [6.07, 6.45) is 7.35. The van der Waals surface area contributed by atoms with Crippen molar-refractivity contribution in [1.29, 1.82) is 0 Å². The maximum atomic E-state index is 5.98. The fraction of sp³-hybridized carbons (Fsp3) is 0.105. The van der Waals surface area contributed by atoms with Crippen LogP contribution in [0.15, 0.2) is 61.2 Å². The quantitative estimate of drug-likeness (QED) is 0.555. The minimum atomic E-state index is 0.465. The van der Waals surface area contributed by atoms with Gasteiger partial charge in [0.15, 0.2) is 0 Å². The third kappa shape index (κ3) is 3.19. The standard InChI is InChI=1S/C19H17ClN6/c1-25-11-13(9-24-25)12-26(16-3-5-18(20)23-10-16)15-2-4-17-14(8-15)6-7-22-19(17)21/h2-11H,12H2,1H3,(H2,21,22). The summed E-state index contributed by atoms with van der Waals surface area (Å²) in [5.41, 5.74) is 9.04. The summed E-state index contributed by atoms with van der Waals surface area (Å²) in [5.74, 6) is 0.529. The number of hydrogen-bond donors (Lipinski definition) is 1. The molecule has 0 saturated heterocycles. The molecular formula is C19H17ClN6. The lowest BCUT2D eigenvalue weighted by atomic mass is 10.1. The number of halogens is 1. The number of rotatable bonds is 4. The summed E-state index contributed by atoms with van der Waals surface area (Å²) in [4.78, 5) is 10.5. The van der Waals surface area contributed by atoms with Gasteiger partial charge in [-0.2, -0.15) is 5.10 Å². The molecule has 1 aromatic carbocycles. The fourth-order valence-corrected chi connectivity index (χ4v) is 3.06. The van der Waals surface area contributed by atoms with Gasteiger partial charge in [0.05, 0.1) is 24.6 Å². The zero-order valence-electron chi connectivity index (χ0n) is 14.2. The van der Waals surface area contributed by atoms with Crippen LogP contribution in [0, 0.1) is 0 Å². The molecule has 2 N–H and O–H groups in total. The average molecular weight is 365 g/mol. The molecule has 0 unspecified atom stereocenters. The van der Waals surface area contributed by atoms with Crippen molar-refractivity contribution in [2.45, 2.75) is 6.54 Å². The van der Waals surface area contributed by atoms with Crippen molar-refractivity contribution in [3.63, 3.8) is 0 Å². The van der Waals surface area contributed by atoms with Gasteiger partial charge in [-0.05, 0) is 41.8 Å². The highest BCUT2D eigenvalue weighted by Gasteiger charge is 2.13. The zero-order valence-corrected chi connectivity index (χ0v) is 14.9. The van der Waals surface area contributed by atoms with E-state index in [1.165, 1.54) is 0 Å². The highest BCUT2D eigenvalue weighted by molar-refractivity contribution is 6.29. The number of nitrogens with zero attached hydrogens (tertiary/aromatic N) is 5. The molecule has 3 heterocycles. The Balaban J connectivity index is 1.80. The first-order valence-corrected chi connectivity index (χ1v) is 8.49. The predicted octanol–water partition coefficient (Wildman–Crippen LogP) is 3.94. The van der Waals surface area contributed by atoms with Gasteiger partial charge in [0.2, 0.25) is 0 Å². The second kappa shape index (κ2) is 6.65. The first kappa shape index (κ1) is 16.4. The summed E-state index contributed by atoms with van der Waals surface area (Å²) >= 11 is 5.96. The third-order valence-electron chi connectivity index (χ3n) is 4.21. The molecule has 0 bridgehead atoms. The van der Waals surface area contributed by atoms with E-state index in [0.717, 1.165) is 27.7 Å². The van der Waals surface area contributed by atoms with E-state index in [2.05, 4.69) is 26.0 Å². The first-order chi connectivity index (χ1) is 12.6. The molecule has 0 fully saturated rings. The lowest BCUT2D eigenvalue weighted by molar-refractivity contribution is 0.766. The van der Waals surface area contributed by atoms with Crippen LogP contribution in [0.4, 0.5) is 17.2 Å². The van der Waals surface area contributed by atoms with Crippen molar-refractivity contribution in [3.05, 3.63) is 71.9 Å². The van der Waals surface area contributed by atoms with Gasteiger partial charge in [0, 0.05) is 36.1 Å². The lowest BCUT2D eigenvalue weighted by Crippen LogP contribution is -2.16. The second-order valence-corrected chi connectivity index (χ2v) is 6.44. The highest BCUT2D eigenvalue weighted by Crippen LogP contribution is 2.31. The fourth-order valence-electron chi connectivity index (χ4n) is 2.95. The number of nitrogen functional groups attached to an aromatic ring is 1. The topological polar surface area (TPSA) is 72.9 Å². The molecule has 0 amide bonds. The van der Waals surface area contributed by atoms with Crippen LogP contribution in [0.1, 0.15) is 5.56 Å². The van der Waals surface area contributed by atoms with E-state index in [-0.39, 0.29) is 0 Å². The Morgan fingerprint density at radius 1 is 1.08 bits per heavy atom. The minimum absolute atomic E-state index is 0.465. The summed E-state index contributed by atoms with van der Waals surface area (Å²) in [5, 5.41) is 6.70. The second-order valence-electron chi connectivity index (χ2n) is 6.05. The number of pyridine rings is 2. The van der Waals surface area contributed by atoms with E-state index >= 15 is 0 Å². The van der Waals surface area contributed by atoms with E-state index in [1.54, 1.807) is 23.1 Å². The van der Waals surface area contributed by atoms with E-state index in [0.29, 0.717) is 17.5 Å². The molecule has 0 aliphatic carbocycles. The summed E-state index contributed by atoms with van der Waals surface area (Å²) < 4.78 is 1.79. The molecule has 4 aromatic rings.